The van der Waals surface area contributed by atoms with Crippen molar-refractivity contribution in [3.63, 3.8) is 0 Å². The summed E-state index contributed by atoms with van der Waals surface area (Å²) in [4.78, 5) is 14.8. The minimum Gasteiger partial charge on any atom is -0.331 e. The van der Waals surface area contributed by atoms with E-state index < -0.39 is 0 Å². The topological polar surface area (TPSA) is 32.3 Å². The Morgan fingerprint density at radius 1 is 1.19 bits per heavy atom. The van der Waals surface area contributed by atoms with Gasteiger partial charge in [-0.25, -0.2) is 4.39 Å². The maximum Gasteiger partial charge on any atom is 0.255 e. The van der Waals surface area contributed by atoms with Gasteiger partial charge in [0.15, 0.2) is 0 Å². The van der Waals surface area contributed by atoms with Crippen LogP contribution in [0.3, 0.4) is 0 Å². The van der Waals surface area contributed by atoms with Crippen molar-refractivity contribution >= 4 is 16.7 Å². The predicted molar refractivity (Wildman–Crippen MR) is 81.9 cm³/mol. The lowest BCUT2D eigenvalue weighted by Crippen LogP contribution is -2.59. The predicted octanol–water partition coefficient (Wildman–Crippen LogP) is 2.80. The molecule has 1 heterocycles. The lowest BCUT2D eigenvalue weighted by atomic mass is 9.96. The van der Waals surface area contributed by atoms with E-state index in [9.17, 15) is 9.18 Å². The Hall–Kier alpha value is -1.94. The third kappa shape index (κ3) is 2.40. The standard InChI is InChI=1S/C17H19FN2O/c1-17(2)11-19-9-10-20(17)16(21)14-7-8-15(18)13-6-4-3-5-12(13)14/h3-8,19H,9-11H2,1-2H3. The van der Waals surface area contributed by atoms with E-state index in [-0.39, 0.29) is 17.3 Å². The molecule has 1 N–H and O–H groups in total. The third-order valence-corrected chi connectivity index (χ3v) is 4.15. The van der Waals surface area contributed by atoms with Gasteiger partial charge in [-0.2, -0.15) is 0 Å². The molecule has 110 valence electrons. The smallest absolute Gasteiger partial charge is 0.255 e. The second-order valence-electron chi connectivity index (χ2n) is 6.09. The number of hydrogen-bond donors (Lipinski definition) is 1. The molecule has 1 aliphatic heterocycles. The molecule has 0 atom stereocenters. The molecular weight excluding hydrogens is 267 g/mol. The van der Waals surface area contributed by atoms with Crippen LogP contribution in [0.15, 0.2) is 36.4 Å². The Labute approximate surface area is 123 Å². The van der Waals surface area contributed by atoms with Crippen molar-refractivity contribution in [3.05, 3.63) is 47.8 Å². The van der Waals surface area contributed by atoms with Crippen LogP contribution in [0.25, 0.3) is 10.8 Å². The van der Waals surface area contributed by atoms with Crippen LogP contribution in [-0.4, -0.2) is 36.0 Å². The van der Waals surface area contributed by atoms with Crippen molar-refractivity contribution < 1.29 is 9.18 Å². The zero-order valence-electron chi connectivity index (χ0n) is 12.3. The molecule has 2 aromatic carbocycles. The molecular formula is C17H19FN2O. The van der Waals surface area contributed by atoms with Crippen molar-refractivity contribution in [1.29, 1.82) is 0 Å². The van der Waals surface area contributed by atoms with Gasteiger partial charge in [0.05, 0.1) is 5.54 Å². The Kier molecular flexibility index (Phi) is 3.41. The number of carbonyl (C=O) groups is 1. The number of carbonyl (C=O) groups excluding carboxylic acids is 1. The van der Waals surface area contributed by atoms with Crippen LogP contribution in [0.1, 0.15) is 24.2 Å². The highest BCUT2D eigenvalue weighted by atomic mass is 19.1. The van der Waals surface area contributed by atoms with Crippen LogP contribution >= 0.6 is 0 Å². The summed E-state index contributed by atoms with van der Waals surface area (Å²) in [5.74, 6) is -0.320. The van der Waals surface area contributed by atoms with E-state index >= 15 is 0 Å². The fourth-order valence-corrected chi connectivity index (χ4v) is 2.95. The lowest BCUT2D eigenvalue weighted by Gasteiger charge is -2.43. The summed E-state index contributed by atoms with van der Waals surface area (Å²) in [6.45, 7) is 6.30. The highest BCUT2D eigenvalue weighted by Crippen LogP contribution is 2.26. The third-order valence-electron chi connectivity index (χ3n) is 4.15. The summed E-state index contributed by atoms with van der Waals surface area (Å²) >= 11 is 0. The number of benzene rings is 2. The minimum atomic E-state index is -0.290. The van der Waals surface area contributed by atoms with Crippen molar-refractivity contribution in [1.82, 2.24) is 10.2 Å². The van der Waals surface area contributed by atoms with Gasteiger partial charge in [-0.15, -0.1) is 0 Å². The number of nitrogens with zero attached hydrogens (tertiary/aromatic N) is 1. The average molecular weight is 286 g/mol. The molecule has 3 rings (SSSR count). The average Bonchev–Trinajstić information content (AvgIpc) is 2.47. The summed E-state index contributed by atoms with van der Waals surface area (Å²) < 4.78 is 13.9. The first-order chi connectivity index (χ1) is 10.0. The summed E-state index contributed by atoms with van der Waals surface area (Å²) in [5, 5.41) is 4.48. The van der Waals surface area contributed by atoms with Crippen LogP contribution in [0.4, 0.5) is 4.39 Å². The highest BCUT2D eigenvalue weighted by Gasteiger charge is 2.34. The summed E-state index contributed by atoms with van der Waals surface area (Å²) in [6, 6.07) is 10.1. The molecule has 0 spiro atoms. The first-order valence-electron chi connectivity index (χ1n) is 7.21. The molecule has 1 aliphatic rings. The van der Waals surface area contributed by atoms with Gasteiger partial charge in [-0.05, 0) is 31.4 Å². The second kappa shape index (κ2) is 5.11. The normalized spacial score (nSPS) is 18.0. The van der Waals surface area contributed by atoms with Crippen LogP contribution in [0, 0.1) is 5.82 Å². The Balaban J connectivity index is 2.08. The maximum atomic E-state index is 13.9. The van der Waals surface area contributed by atoms with Crippen molar-refractivity contribution in [2.45, 2.75) is 19.4 Å². The molecule has 2 aromatic rings. The molecule has 0 aromatic heterocycles. The maximum absolute atomic E-state index is 13.9. The van der Waals surface area contributed by atoms with E-state index in [0.29, 0.717) is 22.9 Å². The molecule has 4 heteroatoms. The number of halogens is 1. The second-order valence-corrected chi connectivity index (χ2v) is 6.09. The number of hydrogen-bond acceptors (Lipinski definition) is 2. The van der Waals surface area contributed by atoms with Gasteiger partial charge in [0, 0.05) is 30.6 Å². The number of nitrogens with one attached hydrogen (secondary N) is 1. The highest BCUT2D eigenvalue weighted by molar-refractivity contribution is 6.07. The van der Waals surface area contributed by atoms with Gasteiger partial charge in [0.1, 0.15) is 5.82 Å². The molecule has 1 fully saturated rings. The summed E-state index contributed by atoms with van der Waals surface area (Å²) in [5.41, 5.74) is 0.326. The van der Waals surface area contributed by atoms with Gasteiger partial charge in [0.25, 0.3) is 5.91 Å². The quantitative estimate of drug-likeness (QED) is 0.874. The zero-order valence-corrected chi connectivity index (χ0v) is 12.3. The van der Waals surface area contributed by atoms with E-state index in [4.69, 9.17) is 0 Å². The van der Waals surface area contributed by atoms with Crippen molar-refractivity contribution in [2.24, 2.45) is 0 Å². The van der Waals surface area contributed by atoms with Crippen molar-refractivity contribution in [2.75, 3.05) is 19.6 Å². The molecule has 0 aliphatic carbocycles. The van der Waals surface area contributed by atoms with E-state index in [0.717, 1.165) is 13.1 Å². The fourth-order valence-electron chi connectivity index (χ4n) is 2.95. The number of piperazine rings is 1. The molecule has 21 heavy (non-hydrogen) atoms. The van der Waals surface area contributed by atoms with E-state index in [1.54, 1.807) is 24.3 Å². The molecule has 3 nitrogen and oxygen atoms in total. The largest absolute Gasteiger partial charge is 0.331 e. The van der Waals surface area contributed by atoms with Gasteiger partial charge in [-0.1, -0.05) is 24.3 Å². The van der Waals surface area contributed by atoms with Gasteiger partial charge >= 0.3 is 0 Å². The van der Waals surface area contributed by atoms with E-state index in [2.05, 4.69) is 5.32 Å². The van der Waals surface area contributed by atoms with Gasteiger partial charge in [0.2, 0.25) is 0 Å². The summed E-state index contributed by atoms with van der Waals surface area (Å²) in [7, 11) is 0. The van der Waals surface area contributed by atoms with Crippen LogP contribution in [0.5, 0.6) is 0 Å². The molecule has 0 radical (unpaired) electrons. The molecule has 1 saturated heterocycles. The van der Waals surface area contributed by atoms with E-state index in [1.165, 1.54) is 6.07 Å². The van der Waals surface area contributed by atoms with Crippen LogP contribution in [-0.2, 0) is 0 Å². The molecule has 1 amide bonds. The molecule has 0 saturated carbocycles. The Morgan fingerprint density at radius 2 is 1.90 bits per heavy atom. The van der Waals surface area contributed by atoms with Gasteiger partial charge < -0.3 is 10.2 Å². The number of fused-ring (bicyclic) bond motifs is 1. The fraction of sp³-hybridized carbons (Fsp3) is 0.353. The van der Waals surface area contributed by atoms with Crippen LogP contribution < -0.4 is 5.32 Å². The first kappa shape index (κ1) is 14.0. The molecule has 0 unspecified atom stereocenters. The SMILES string of the molecule is CC1(C)CNCCN1C(=O)c1ccc(F)c2ccccc12. The Morgan fingerprint density at radius 3 is 2.62 bits per heavy atom. The monoisotopic (exact) mass is 286 g/mol. The van der Waals surface area contributed by atoms with Crippen molar-refractivity contribution in [3.8, 4) is 0 Å². The van der Waals surface area contributed by atoms with Crippen LogP contribution in [0.2, 0.25) is 0 Å². The zero-order chi connectivity index (χ0) is 15.0. The first-order valence-corrected chi connectivity index (χ1v) is 7.21. The minimum absolute atomic E-state index is 0.0299. The number of amides is 1. The molecule has 0 bridgehead atoms. The number of rotatable bonds is 1. The summed E-state index contributed by atoms with van der Waals surface area (Å²) in [6.07, 6.45) is 0. The van der Waals surface area contributed by atoms with Gasteiger partial charge in [-0.3, -0.25) is 4.79 Å². The Bertz CT molecular complexity index is 696. The van der Waals surface area contributed by atoms with E-state index in [1.807, 2.05) is 24.8 Å². The lowest BCUT2D eigenvalue weighted by molar-refractivity contribution is 0.0479.